The SMILES string of the molecule is Cc1c(O[C@@H]2CCCCC2=O)ccc2c3c(c(=O)oc12)CCC3. The first kappa shape index (κ1) is 14.5. The first-order valence-electron chi connectivity index (χ1n) is 8.42. The molecule has 4 rings (SSSR count). The van der Waals surface area contributed by atoms with Gasteiger partial charge in [-0.3, -0.25) is 4.79 Å². The van der Waals surface area contributed by atoms with Crippen LogP contribution in [0.5, 0.6) is 5.75 Å². The minimum atomic E-state index is -0.360. The predicted octanol–water partition coefficient (Wildman–Crippen LogP) is 3.48. The molecular formula is C19H20O4. The highest BCUT2D eigenvalue weighted by Gasteiger charge is 2.26. The number of carbonyl (C=O) groups excluding carboxylic acids is 1. The quantitative estimate of drug-likeness (QED) is 0.797. The van der Waals surface area contributed by atoms with E-state index >= 15 is 0 Å². The van der Waals surface area contributed by atoms with Crippen LogP contribution in [-0.2, 0) is 17.6 Å². The van der Waals surface area contributed by atoms with Crippen molar-refractivity contribution >= 4 is 16.8 Å². The van der Waals surface area contributed by atoms with Crippen LogP contribution in [0, 0.1) is 6.92 Å². The maximum absolute atomic E-state index is 12.2. The maximum atomic E-state index is 12.2. The molecule has 1 aromatic carbocycles. The van der Waals surface area contributed by atoms with Gasteiger partial charge in [0.15, 0.2) is 11.9 Å². The van der Waals surface area contributed by atoms with Crippen LogP contribution < -0.4 is 10.4 Å². The third-order valence-corrected chi connectivity index (χ3v) is 5.11. The van der Waals surface area contributed by atoms with E-state index in [9.17, 15) is 9.59 Å². The number of benzene rings is 1. The van der Waals surface area contributed by atoms with E-state index in [1.165, 1.54) is 0 Å². The Morgan fingerprint density at radius 1 is 1.04 bits per heavy atom. The van der Waals surface area contributed by atoms with E-state index in [0.717, 1.165) is 60.6 Å². The van der Waals surface area contributed by atoms with Gasteiger partial charge in [0.25, 0.3) is 0 Å². The Morgan fingerprint density at radius 3 is 2.70 bits per heavy atom. The predicted molar refractivity (Wildman–Crippen MR) is 87.1 cm³/mol. The summed E-state index contributed by atoms with van der Waals surface area (Å²) in [6, 6.07) is 3.89. The molecule has 23 heavy (non-hydrogen) atoms. The Balaban J connectivity index is 1.78. The second kappa shape index (κ2) is 5.52. The zero-order chi connectivity index (χ0) is 16.0. The highest BCUT2D eigenvalue weighted by Crippen LogP contribution is 2.34. The van der Waals surface area contributed by atoms with E-state index in [1.54, 1.807) is 0 Å². The number of ketones is 1. The molecular weight excluding hydrogens is 292 g/mol. The number of hydrogen-bond acceptors (Lipinski definition) is 4. The van der Waals surface area contributed by atoms with E-state index in [1.807, 2.05) is 19.1 Å². The summed E-state index contributed by atoms with van der Waals surface area (Å²) >= 11 is 0. The molecule has 1 heterocycles. The Bertz CT molecular complexity index is 847. The molecule has 0 unspecified atom stereocenters. The van der Waals surface area contributed by atoms with E-state index in [0.29, 0.717) is 17.8 Å². The average molecular weight is 312 g/mol. The number of hydrogen-bond donors (Lipinski definition) is 0. The Labute approximate surface area is 134 Å². The summed E-state index contributed by atoms with van der Waals surface area (Å²) in [5.74, 6) is 0.824. The molecule has 1 fully saturated rings. The largest absolute Gasteiger partial charge is 0.482 e. The van der Waals surface area contributed by atoms with Crippen molar-refractivity contribution < 1.29 is 13.9 Å². The summed E-state index contributed by atoms with van der Waals surface area (Å²) in [6.07, 6.45) is 5.72. The van der Waals surface area contributed by atoms with Crippen molar-refractivity contribution in [2.24, 2.45) is 0 Å². The van der Waals surface area contributed by atoms with Crippen LogP contribution in [0.15, 0.2) is 21.3 Å². The second-order valence-electron chi connectivity index (χ2n) is 6.58. The zero-order valence-electron chi connectivity index (χ0n) is 13.3. The van der Waals surface area contributed by atoms with Gasteiger partial charge in [-0.05, 0) is 63.1 Å². The maximum Gasteiger partial charge on any atom is 0.339 e. The fourth-order valence-corrected chi connectivity index (χ4v) is 3.82. The van der Waals surface area contributed by atoms with Gasteiger partial charge in [0.05, 0.1) is 0 Å². The summed E-state index contributed by atoms with van der Waals surface area (Å²) in [5.41, 5.74) is 3.15. The average Bonchev–Trinajstić information content (AvgIpc) is 3.03. The highest BCUT2D eigenvalue weighted by atomic mass is 16.5. The fraction of sp³-hybridized carbons (Fsp3) is 0.474. The molecule has 0 aliphatic heterocycles. The molecule has 2 aliphatic rings. The molecule has 4 heteroatoms. The molecule has 0 spiro atoms. The third kappa shape index (κ3) is 2.37. The van der Waals surface area contributed by atoms with Crippen LogP contribution in [0.3, 0.4) is 0 Å². The molecule has 1 saturated carbocycles. The first-order chi connectivity index (χ1) is 11.1. The van der Waals surface area contributed by atoms with Crippen LogP contribution in [0.4, 0.5) is 0 Å². The van der Waals surface area contributed by atoms with Gasteiger partial charge in [0, 0.05) is 22.9 Å². The van der Waals surface area contributed by atoms with E-state index < -0.39 is 0 Å². The van der Waals surface area contributed by atoms with Crippen LogP contribution in [-0.4, -0.2) is 11.9 Å². The van der Waals surface area contributed by atoms with Crippen molar-refractivity contribution in [2.75, 3.05) is 0 Å². The normalized spacial score (nSPS) is 20.7. The van der Waals surface area contributed by atoms with Crippen LogP contribution in [0.1, 0.15) is 48.8 Å². The molecule has 0 bridgehead atoms. The standard InChI is InChI=1S/C19H20O4/c1-11-16(22-17-8-3-2-7-15(17)20)10-9-13-12-5-4-6-14(12)19(21)23-18(11)13/h9-10,17H,2-8H2,1H3/t17-/m1/s1. The lowest BCUT2D eigenvalue weighted by Gasteiger charge is -2.23. The molecule has 2 aliphatic carbocycles. The summed E-state index contributed by atoms with van der Waals surface area (Å²) in [6.45, 7) is 1.90. The first-order valence-corrected chi connectivity index (χ1v) is 8.42. The van der Waals surface area contributed by atoms with E-state index in [4.69, 9.17) is 9.15 Å². The third-order valence-electron chi connectivity index (χ3n) is 5.11. The zero-order valence-corrected chi connectivity index (χ0v) is 13.3. The Hall–Kier alpha value is -2.10. The van der Waals surface area contributed by atoms with Crippen molar-refractivity contribution in [1.29, 1.82) is 0 Å². The molecule has 120 valence electrons. The number of fused-ring (bicyclic) bond motifs is 3. The molecule has 0 N–H and O–H groups in total. The number of ether oxygens (including phenoxy) is 1. The molecule has 0 amide bonds. The van der Waals surface area contributed by atoms with Crippen molar-refractivity contribution in [1.82, 2.24) is 0 Å². The summed E-state index contributed by atoms with van der Waals surface area (Å²) in [4.78, 5) is 24.2. The molecule has 2 aromatic rings. The van der Waals surface area contributed by atoms with Gasteiger partial charge in [-0.2, -0.15) is 0 Å². The summed E-state index contributed by atoms with van der Waals surface area (Å²) in [7, 11) is 0. The number of rotatable bonds is 2. The van der Waals surface area contributed by atoms with Crippen molar-refractivity contribution in [3.05, 3.63) is 39.2 Å². The van der Waals surface area contributed by atoms with Crippen LogP contribution in [0.25, 0.3) is 11.0 Å². The number of aryl methyl sites for hydroxylation is 2. The topological polar surface area (TPSA) is 56.5 Å². The molecule has 0 saturated heterocycles. The van der Waals surface area contributed by atoms with Gasteiger partial charge in [-0.15, -0.1) is 0 Å². The van der Waals surface area contributed by atoms with Crippen molar-refractivity contribution in [3.63, 3.8) is 0 Å². The number of Topliss-reactive ketones (excluding diaryl/α,β-unsaturated/α-hetero) is 1. The molecule has 1 aromatic heterocycles. The monoisotopic (exact) mass is 312 g/mol. The van der Waals surface area contributed by atoms with E-state index in [-0.39, 0.29) is 17.5 Å². The van der Waals surface area contributed by atoms with Gasteiger partial charge >= 0.3 is 5.63 Å². The van der Waals surface area contributed by atoms with Gasteiger partial charge in [0.2, 0.25) is 0 Å². The molecule has 4 nitrogen and oxygen atoms in total. The smallest absolute Gasteiger partial charge is 0.339 e. The Kier molecular flexibility index (Phi) is 3.47. The van der Waals surface area contributed by atoms with Crippen molar-refractivity contribution in [2.45, 2.75) is 58.0 Å². The summed E-state index contributed by atoms with van der Waals surface area (Å²) < 4.78 is 11.5. The van der Waals surface area contributed by atoms with Gasteiger partial charge in [-0.1, -0.05) is 0 Å². The van der Waals surface area contributed by atoms with Crippen molar-refractivity contribution in [3.8, 4) is 5.75 Å². The van der Waals surface area contributed by atoms with Gasteiger partial charge < -0.3 is 9.15 Å². The van der Waals surface area contributed by atoms with Gasteiger partial charge in [-0.25, -0.2) is 4.79 Å². The molecule has 1 atom stereocenters. The van der Waals surface area contributed by atoms with Crippen LogP contribution in [0.2, 0.25) is 0 Å². The summed E-state index contributed by atoms with van der Waals surface area (Å²) in [5, 5.41) is 1.01. The van der Waals surface area contributed by atoms with Crippen LogP contribution >= 0.6 is 0 Å². The molecule has 0 radical (unpaired) electrons. The minimum absolute atomic E-state index is 0.172. The lowest BCUT2D eigenvalue weighted by Crippen LogP contribution is -2.30. The van der Waals surface area contributed by atoms with E-state index in [2.05, 4.69) is 0 Å². The second-order valence-corrected chi connectivity index (χ2v) is 6.58. The number of carbonyl (C=O) groups is 1. The highest BCUT2D eigenvalue weighted by molar-refractivity contribution is 5.87. The fourth-order valence-electron chi connectivity index (χ4n) is 3.82. The van der Waals surface area contributed by atoms with Gasteiger partial charge in [0.1, 0.15) is 11.3 Å². The minimum Gasteiger partial charge on any atom is -0.482 e. The lowest BCUT2D eigenvalue weighted by atomic mass is 9.96. The lowest BCUT2D eigenvalue weighted by molar-refractivity contribution is -0.127. The Morgan fingerprint density at radius 2 is 1.87 bits per heavy atom.